The molecule has 188 valence electrons. The predicted octanol–water partition coefficient (Wildman–Crippen LogP) is 6.85. The molecule has 36 heavy (non-hydrogen) atoms. The lowest BCUT2D eigenvalue weighted by atomic mass is 9.75. The van der Waals surface area contributed by atoms with E-state index in [9.17, 15) is 0 Å². The van der Waals surface area contributed by atoms with Crippen LogP contribution in [0.4, 0.5) is 0 Å². The fraction of sp³-hybridized carbons (Fsp3) is 0.438. The molecule has 1 fully saturated rings. The Hall–Kier alpha value is -2.82. The number of ether oxygens (including phenoxy) is 3. The van der Waals surface area contributed by atoms with Gasteiger partial charge in [0.1, 0.15) is 23.7 Å². The van der Waals surface area contributed by atoms with E-state index < -0.39 is 0 Å². The topological polar surface area (TPSA) is 30.9 Å². The van der Waals surface area contributed by atoms with E-state index in [1.54, 1.807) is 0 Å². The Morgan fingerprint density at radius 3 is 2.58 bits per heavy atom. The number of rotatable bonds is 5. The van der Waals surface area contributed by atoms with E-state index in [4.69, 9.17) is 14.2 Å². The van der Waals surface area contributed by atoms with E-state index in [0.29, 0.717) is 12.5 Å². The van der Waals surface area contributed by atoms with Crippen LogP contribution >= 0.6 is 0 Å². The SMILES string of the molecule is C[C@H]1CC[C@H]2[C@H](O1)c1cc(OCc3ccccc3)c(CN3CCc4ccccc4C3)cc1OC2(C)C. The quantitative estimate of drug-likeness (QED) is 0.397. The summed E-state index contributed by atoms with van der Waals surface area (Å²) >= 11 is 0. The van der Waals surface area contributed by atoms with Gasteiger partial charge in [-0.1, -0.05) is 54.6 Å². The Bertz CT molecular complexity index is 1220. The number of hydrogen-bond acceptors (Lipinski definition) is 4. The average molecular weight is 484 g/mol. The highest BCUT2D eigenvalue weighted by atomic mass is 16.5. The van der Waals surface area contributed by atoms with Crippen molar-refractivity contribution >= 4 is 0 Å². The van der Waals surface area contributed by atoms with Crippen LogP contribution in [0.2, 0.25) is 0 Å². The first kappa shape index (κ1) is 23.6. The highest BCUT2D eigenvalue weighted by Gasteiger charge is 2.47. The third-order valence-corrected chi connectivity index (χ3v) is 8.23. The van der Waals surface area contributed by atoms with Crippen LogP contribution in [0.1, 0.15) is 67.5 Å². The molecule has 0 aliphatic carbocycles. The fourth-order valence-corrected chi connectivity index (χ4v) is 6.19. The second-order valence-electron chi connectivity index (χ2n) is 11.3. The molecule has 0 spiro atoms. The van der Waals surface area contributed by atoms with Gasteiger partial charge < -0.3 is 14.2 Å². The van der Waals surface area contributed by atoms with E-state index in [1.165, 1.54) is 22.3 Å². The second-order valence-corrected chi connectivity index (χ2v) is 11.3. The molecule has 3 aromatic carbocycles. The van der Waals surface area contributed by atoms with Gasteiger partial charge in [-0.2, -0.15) is 0 Å². The number of nitrogens with zero attached hydrogens (tertiary/aromatic N) is 1. The van der Waals surface area contributed by atoms with Crippen molar-refractivity contribution in [1.29, 1.82) is 0 Å². The van der Waals surface area contributed by atoms with Gasteiger partial charge in [-0.25, -0.2) is 0 Å². The van der Waals surface area contributed by atoms with Crippen LogP contribution in [0.25, 0.3) is 0 Å². The van der Waals surface area contributed by atoms with E-state index in [1.807, 2.05) is 6.07 Å². The van der Waals surface area contributed by atoms with Crippen molar-refractivity contribution in [2.75, 3.05) is 6.54 Å². The van der Waals surface area contributed by atoms with Gasteiger partial charge in [0, 0.05) is 36.7 Å². The molecule has 3 atom stereocenters. The van der Waals surface area contributed by atoms with Crippen molar-refractivity contribution in [2.24, 2.45) is 5.92 Å². The third kappa shape index (κ3) is 4.65. The molecule has 0 aromatic heterocycles. The van der Waals surface area contributed by atoms with Crippen molar-refractivity contribution < 1.29 is 14.2 Å². The molecular weight excluding hydrogens is 446 g/mol. The maximum absolute atomic E-state index is 6.67. The van der Waals surface area contributed by atoms with Crippen LogP contribution < -0.4 is 9.47 Å². The predicted molar refractivity (Wildman–Crippen MR) is 142 cm³/mol. The standard InChI is InChI=1S/C32H37NO3/c1-22-13-14-28-31(35-22)27-18-29(34-21-23-9-5-4-6-10-23)26(17-30(27)36-32(28,2)3)20-33-16-15-24-11-7-8-12-25(24)19-33/h4-12,17-18,22,28,31H,13-16,19-21H2,1-3H3/t22-,28-,31+/m0/s1. The molecular formula is C32H37NO3. The summed E-state index contributed by atoms with van der Waals surface area (Å²) in [7, 11) is 0. The summed E-state index contributed by atoms with van der Waals surface area (Å²) in [6, 6.07) is 23.7. The van der Waals surface area contributed by atoms with Gasteiger partial charge in [0.05, 0.1) is 12.2 Å². The minimum absolute atomic E-state index is 0.0440. The molecule has 4 heteroatoms. The average Bonchev–Trinajstić information content (AvgIpc) is 2.88. The molecule has 0 saturated carbocycles. The van der Waals surface area contributed by atoms with Gasteiger partial charge in [0.15, 0.2) is 0 Å². The molecule has 0 bridgehead atoms. The lowest BCUT2D eigenvalue weighted by Crippen LogP contribution is -2.48. The lowest BCUT2D eigenvalue weighted by molar-refractivity contribution is -0.144. The molecule has 1 saturated heterocycles. The van der Waals surface area contributed by atoms with Crippen LogP contribution in [-0.4, -0.2) is 23.1 Å². The molecule has 0 amide bonds. The largest absolute Gasteiger partial charge is 0.489 e. The van der Waals surface area contributed by atoms with Crippen LogP contribution in [0.15, 0.2) is 66.7 Å². The molecule has 3 aliphatic heterocycles. The molecule has 6 rings (SSSR count). The van der Waals surface area contributed by atoms with Gasteiger partial charge in [0.2, 0.25) is 0 Å². The summed E-state index contributed by atoms with van der Waals surface area (Å²) in [5.74, 6) is 2.24. The first-order chi connectivity index (χ1) is 17.5. The molecule has 4 nitrogen and oxygen atoms in total. The maximum atomic E-state index is 6.67. The third-order valence-electron chi connectivity index (χ3n) is 8.23. The number of hydrogen-bond donors (Lipinski definition) is 0. The Kier molecular flexibility index (Phi) is 6.27. The van der Waals surface area contributed by atoms with Crippen LogP contribution in [0.5, 0.6) is 11.5 Å². The van der Waals surface area contributed by atoms with Gasteiger partial charge in [-0.3, -0.25) is 4.90 Å². The molecule has 3 aliphatic rings. The van der Waals surface area contributed by atoms with Gasteiger partial charge >= 0.3 is 0 Å². The van der Waals surface area contributed by atoms with Crippen molar-refractivity contribution in [2.45, 2.75) is 77.5 Å². The van der Waals surface area contributed by atoms with E-state index in [2.05, 4.69) is 86.3 Å². The van der Waals surface area contributed by atoms with Crippen LogP contribution in [-0.2, 0) is 30.9 Å². The summed E-state index contributed by atoms with van der Waals surface area (Å²) in [6.45, 7) is 10.0. The zero-order chi connectivity index (χ0) is 24.7. The molecule has 0 unspecified atom stereocenters. The fourth-order valence-electron chi connectivity index (χ4n) is 6.19. The first-order valence-corrected chi connectivity index (χ1v) is 13.4. The van der Waals surface area contributed by atoms with Crippen molar-refractivity contribution in [3.63, 3.8) is 0 Å². The Morgan fingerprint density at radius 2 is 1.75 bits per heavy atom. The lowest BCUT2D eigenvalue weighted by Gasteiger charge is -2.48. The Morgan fingerprint density at radius 1 is 0.972 bits per heavy atom. The van der Waals surface area contributed by atoms with Crippen molar-refractivity contribution in [3.8, 4) is 11.5 Å². The summed E-state index contributed by atoms with van der Waals surface area (Å²) in [4.78, 5) is 2.52. The van der Waals surface area contributed by atoms with Crippen LogP contribution in [0, 0.1) is 5.92 Å². The Labute approximate surface area is 215 Å². The summed E-state index contributed by atoms with van der Waals surface area (Å²) < 4.78 is 19.7. The number of fused-ring (bicyclic) bond motifs is 4. The minimum Gasteiger partial charge on any atom is -0.489 e. The number of benzene rings is 3. The zero-order valence-corrected chi connectivity index (χ0v) is 21.7. The Balaban J connectivity index is 1.34. The van der Waals surface area contributed by atoms with E-state index in [0.717, 1.165) is 56.0 Å². The summed E-state index contributed by atoms with van der Waals surface area (Å²) in [6.07, 6.45) is 3.58. The van der Waals surface area contributed by atoms with Gasteiger partial charge in [0.25, 0.3) is 0 Å². The monoisotopic (exact) mass is 483 g/mol. The van der Waals surface area contributed by atoms with Gasteiger partial charge in [-0.15, -0.1) is 0 Å². The smallest absolute Gasteiger partial charge is 0.126 e. The van der Waals surface area contributed by atoms with Crippen molar-refractivity contribution in [3.05, 3.63) is 94.5 Å². The molecule has 3 heterocycles. The first-order valence-electron chi connectivity index (χ1n) is 13.4. The second kappa shape index (κ2) is 9.57. The van der Waals surface area contributed by atoms with E-state index >= 15 is 0 Å². The minimum atomic E-state index is -0.258. The summed E-state index contributed by atoms with van der Waals surface area (Å²) in [5, 5.41) is 0. The zero-order valence-electron chi connectivity index (χ0n) is 21.7. The van der Waals surface area contributed by atoms with Crippen molar-refractivity contribution in [1.82, 2.24) is 4.90 Å². The van der Waals surface area contributed by atoms with Crippen LogP contribution in [0.3, 0.4) is 0 Å². The highest BCUT2D eigenvalue weighted by molar-refractivity contribution is 5.50. The maximum Gasteiger partial charge on any atom is 0.126 e. The molecule has 0 radical (unpaired) electrons. The molecule has 0 N–H and O–H groups in total. The normalized spacial score (nSPS) is 24.7. The molecule has 3 aromatic rings. The summed E-state index contributed by atoms with van der Waals surface area (Å²) in [5.41, 5.74) is 6.14. The van der Waals surface area contributed by atoms with E-state index in [-0.39, 0.29) is 17.8 Å². The van der Waals surface area contributed by atoms with Gasteiger partial charge in [-0.05, 0) is 68.9 Å². The highest BCUT2D eigenvalue weighted by Crippen LogP contribution is 2.52.